The predicted octanol–water partition coefficient (Wildman–Crippen LogP) is -3.76. The van der Waals surface area contributed by atoms with Crippen LogP contribution in [0.1, 0.15) is 0 Å². The fraction of sp³-hybridized carbons (Fsp3) is 0.857. The van der Waals surface area contributed by atoms with Crippen LogP contribution in [0.3, 0.4) is 0 Å². The smallest absolute Gasteiger partial charge is 0.344 e. The van der Waals surface area contributed by atoms with Crippen LogP contribution in [-0.2, 0) is 9.53 Å². The minimum Gasteiger partial charge on any atom is -0.479 e. The molecule has 0 bridgehead atoms. The Balaban J connectivity index is 3.15. The first-order valence-electron chi connectivity index (χ1n) is 4.09. The number of hydrogen-bond donors (Lipinski definition) is 6. The van der Waals surface area contributed by atoms with E-state index in [1.165, 1.54) is 0 Å². The van der Waals surface area contributed by atoms with E-state index >= 15 is 0 Å². The van der Waals surface area contributed by atoms with Gasteiger partial charge in [-0.2, -0.15) is 0 Å². The molecule has 0 unspecified atom stereocenters. The lowest BCUT2D eigenvalue weighted by atomic mass is 9.88. The molecule has 0 aromatic heterocycles. The maximum atomic E-state index is 10.7. The summed E-state index contributed by atoms with van der Waals surface area (Å²) in [5, 5.41) is 54.5. The van der Waals surface area contributed by atoms with E-state index in [1.54, 1.807) is 0 Å². The number of aliphatic hydroxyl groups excluding tert-OH is 3. The summed E-state index contributed by atoms with van der Waals surface area (Å²) in [5.74, 6) is -4.80. The molecule has 0 aliphatic carbocycles. The van der Waals surface area contributed by atoms with Crippen LogP contribution in [0.25, 0.3) is 0 Å². The van der Waals surface area contributed by atoms with Crippen LogP contribution < -0.4 is 0 Å². The van der Waals surface area contributed by atoms with Crippen molar-refractivity contribution in [3.05, 3.63) is 0 Å². The van der Waals surface area contributed by atoms with Gasteiger partial charge in [-0.1, -0.05) is 0 Å². The third-order valence-electron chi connectivity index (χ3n) is 2.44. The van der Waals surface area contributed by atoms with Gasteiger partial charge in [-0.25, -0.2) is 4.79 Å². The third kappa shape index (κ3) is 1.42. The number of aliphatic hydroxyl groups is 5. The molecule has 8 heteroatoms. The second kappa shape index (κ2) is 3.67. The van der Waals surface area contributed by atoms with Crippen molar-refractivity contribution in [3.8, 4) is 0 Å². The van der Waals surface area contributed by atoms with Crippen molar-refractivity contribution in [2.24, 2.45) is 0 Å². The van der Waals surface area contributed by atoms with E-state index in [1.807, 2.05) is 0 Å². The Hall–Kier alpha value is -0.770. The first kappa shape index (κ1) is 12.3. The number of carboxylic acids is 1. The summed E-state index contributed by atoms with van der Waals surface area (Å²) >= 11 is 0. The van der Waals surface area contributed by atoms with Crippen molar-refractivity contribution < 1.29 is 40.2 Å². The SMILES string of the molecule is O=C(O)[C@]1(O)[C@H](O)[C@@H](CO)O[C@@]1(O)CO. The summed E-state index contributed by atoms with van der Waals surface area (Å²) in [5.41, 5.74) is -3.07. The molecule has 0 amide bonds. The maximum absolute atomic E-state index is 10.7. The average molecular weight is 224 g/mol. The lowest BCUT2D eigenvalue weighted by Gasteiger charge is -2.31. The number of hydrogen-bond acceptors (Lipinski definition) is 7. The molecule has 0 aromatic rings. The molecule has 0 radical (unpaired) electrons. The van der Waals surface area contributed by atoms with Gasteiger partial charge in [0.05, 0.1) is 6.61 Å². The van der Waals surface area contributed by atoms with Gasteiger partial charge in [-0.05, 0) is 0 Å². The Bertz CT molecular complexity index is 268. The lowest BCUT2D eigenvalue weighted by molar-refractivity contribution is -0.280. The summed E-state index contributed by atoms with van der Waals surface area (Å²) in [6, 6.07) is 0. The largest absolute Gasteiger partial charge is 0.479 e. The molecule has 8 nitrogen and oxygen atoms in total. The van der Waals surface area contributed by atoms with Gasteiger partial charge in [-0.15, -0.1) is 0 Å². The van der Waals surface area contributed by atoms with Gasteiger partial charge in [0, 0.05) is 0 Å². The molecule has 1 fully saturated rings. The molecule has 0 aromatic carbocycles. The standard InChI is InChI=1S/C7H12O8/c8-1-3-4(10)7(14,5(11)12)6(13,2-9)15-3/h3-4,8-10,13-14H,1-2H2,(H,11,12)/t3-,4-,6+,7-/m1/s1. The lowest BCUT2D eigenvalue weighted by Crippen LogP contribution is -2.63. The molecule has 88 valence electrons. The fourth-order valence-corrected chi connectivity index (χ4v) is 1.49. The second-order valence-electron chi connectivity index (χ2n) is 3.30. The van der Waals surface area contributed by atoms with Crippen LogP contribution in [-0.4, -0.2) is 73.4 Å². The van der Waals surface area contributed by atoms with Crippen molar-refractivity contribution >= 4 is 5.97 Å². The molecule has 1 aliphatic rings. The Morgan fingerprint density at radius 3 is 2.13 bits per heavy atom. The van der Waals surface area contributed by atoms with E-state index in [-0.39, 0.29) is 0 Å². The monoisotopic (exact) mass is 224 g/mol. The molecule has 6 N–H and O–H groups in total. The minimum absolute atomic E-state index is 0.806. The number of carboxylic acid groups (broad SMARTS) is 1. The van der Waals surface area contributed by atoms with E-state index in [0.717, 1.165) is 0 Å². The van der Waals surface area contributed by atoms with E-state index in [2.05, 4.69) is 4.74 Å². The molecule has 4 atom stereocenters. The highest BCUT2D eigenvalue weighted by molar-refractivity contribution is 5.80. The Morgan fingerprint density at radius 1 is 1.33 bits per heavy atom. The van der Waals surface area contributed by atoms with E-state index in [9.17, 15) is 20.1 Å². The van der Waals surface area contributed by atoms with E-state index < -0.39 is 42.8 Å². The first-order valence-corrected chi connectivity index (χ1v) is 4.09. The molecule has 1 aliphatic heterocycles. The predicted molar refractivity (Wildman–Crippen MR) is 42.6 cm³/mol. The molecule has 0 spiro atoms. The zero-order valence-electron chi connectivity index (χ0n) is 7.57. The fourth-order valence-electron chi connectivity index (χ4n) is 1.49. The van der Waals surface area contributed by atoms with Gasteiger partial charge in [0.1, 0.15) is 18.8 Å². The number of ether oxygens (including phenoxy) is 1. The van der Waals surface area contributed by atoms with Crippen LogP contribution in [0, 0.1) is 0 Å². The van der Waals surface area contributed by atoms with Crippen molar-refractivity contribution in [2.75, 3.05) is 13.2 Å². The zero-order valence-corrected chi connectivity index (χ0v) is 7.57. The Kier molecular flexibility index (Phi) is 3.01. The van der Waals surface area contributed by atoms with Gasteiger partial charge < -0.3 is 35.4 Å². The maximum Gasteiger partial charge on any atom is 0.344 e. The molecule has 1 saturated heterocycles. The third-order valence-corrected chi connectivity index (χ3v) is 2.44. The summed E-state index contributed by atoms with van der Waals surface area (Å²) in [6.07, 6.45) is -3.53. The molecule has 1 rings (SSSR count). The summed E-state index contributed by atoms with van der Waals surface area (Å²) in [6.45, 7) is -2.04. The molecule has 1 heterocycles. The quantitative estimate of drug-likeness (QED) is 0.286. The summed E-state index contributed by atoms with van der Waals surface area (Å²) < 4.78 is 4.51. The van der Waals surface area contributed by atoms with Crippen molar-refractivity contribution in [1.82, 2.24) is 0 Å². The highest BCUT2D eigenvalue weighted by Gasteiger charge is 2.69. The van der Waals surface area contributed by atoms with Crippen molar-refractivity contribution in [2.45, 2.75) is 23.6 Å². The number of rotatable bonds is 3. The Labute approximate surface area is 84.0 Å². The second-order valence-corrected chi connectivity index (χ2v) is 3.30. The number of aliphatic carboxylic acids is 1. The summed E-state index contributed by atoms with van der Waals surface area (Å²) in [7, 11) is 0. The van der Waals surface area contributed by atoms with Crippen LogP contribution in [0.5, 0.6) is 0 Å². The van der Waals surface area contributed by atoms with Crippen LogP contribution in [0.4, 0.5) is 0 Å². The van der Waals surface area contributed by atoms with Gasteiger partial charge in [0.25, 0.3) is 0 Å². The first-order chi connectivity index (χ1) is 6.83. The molecule has 15 heavy (non-hydrogen) atoms. The average Bonchev–Trinajstić information content (AvgIpc) is 2.41. The minimum atomic E-state index is -3.07. The summed E-state index contributed by atoms with van der Waals surface area (Å²) in [4.78, 5) is 10.7. The van der Waals surface area contributed by atoms with Crippen molar-refractivity contribution in [3.63, 3.8) is 0 Å². The van der Waals surface area contributed by atoms with Crippen LogP contribution in [0.2, 0.25) is 0 Å². The zero-order chi connectivity index (χ0) is 11.9. The highest BCUT2D eigenvalue weighted by atomic mass is 16.7. The molecule has 0 saturated carbocycles. The Morgan fingerprint density at radius 2 is 1.87 bits per heavy atom. The van der Waals surface area contributed by atoms with E-state index in [4.69, 9.17) is 15.3 Å². The van der Waals surface area contributed by atoms with Gasteiger partial charge >= 0.3 is 5.97 Å². The van der Waals surface area contributed by atoms with Gasteiger partial charge in [0.2, 0.25) is 11.4 Å². The van der Waals surface area contributed by atoms with Crippen LogP contribution >= 0.6 is 0 Å². The molecular formula is C7H12O8. The van der Waals surface area contributed by atoms with Crippen molar-refractivity contribution in [1.29, 1.82) is 0 Å². The normalized spacial score (nSPS) is 45.7. The topological polar surface area (TPSA) is 148 Å². The van der Waals surface area contributed by atoms with Gasteiger partial charge in [-0.3, -0.25) is 0 Å². The van der Waals surface area contributed by atoms with Gasteiger partial charge in [0.15, 0.2) is 0 Å². The number of carbonyl (C=O) groups is 1. The van der Waals surface area contributed by atoms with E-state index in [0.29, 0.717) is 0 Å². The van der Waals surface area contributed by atoms with Crippen LogP contribution in [0.15, 0.2) is 0 Å². The molecular weight excluding hydrogens is 212 g/mol. The highest BCUT2D eigenvalue weighted by Crippen LogP contribution is 2.38.